The largest absolute Gasteiger partial charge is 0.328 e. The molecule has 0 saturated carbocycles. The Morgan fingerprint density at radius 2 is 1.83 bits per heavy atom. The summed E-state index contributed by atoms with van der Waals surface area (Å²) in [5.74, 6) is 1.39. The normalized spacial score (nSPS) is 11.5. The standard InChI is InChI=1S/C27H26N6OS/c1-18-11-13-24(14-12-18)33-25(31-32-27(33)35-17-22-9-5-4-7-19(22)2)20(3)29-26(34)30-23-10-6-8-21(15-23)16-28/h4-15,20H,17H2,1-3H3,(H2,29,30,34). The molecule has 176 valence electrons. The lowest BCUT2D eigenvalue weighted by Crippen LogP contribution is -2.32. The molecule has 0 aliphatic carbocycles. The Morgan fingerprint density at radius 3 is 2.57 bits per heavy atom. The molecule has 1 atom stereocenters. The first-order valence-electron chi connectivity index (χ1n) is 11.2. The lowest BCUT2D eigenvalue weighted by molar-refractivity contribution is 0.249. The zero-order valence-electron chi connectivity index (χ0n) is 19.8. The number of aryl methyl sites for hydroxylation is 2. The lowest BCUT2D eigenvalue weighted by Gasteiger charge is -2.17. The molecule has 0 fully saturated rings. The molecule has 0 aliphatic heterocycles. The van der Waals surface area contributed by atoms with E-state index in [9.17, 15) is 4.79 Å². The monoisotopic (exact) mass is 482 g/mol. The van der Waals surface area contributed by atoms with Crippen LogP contribution < -0.4 is 10.6 Å². The average molecular weight is 483 g/mol. The molecular formula is C27H26N6OS. The second kappa shape index (κ2) is 10.9. The minimum Gasteiger partial charge on any atom is -0.328 e. The van der Waals surface area contributed by atoms with Crippen LogP contribution in [0.15, 0.2) is 78.0 Å². The van der Waals surface area contributed by atoms with Crippen LogP contribution in [0.1, 0.15) is 41.0 Å². The van der Waals surface area contributed by atoms with E-state index in [-0.39, 0.29) is 6.03 Å². The van der Waals surface area contributed by atoms with Gasteiger partial charge in [-0.05, 0) is 62.2 Å². The number of hydrogen-bond donors (Lipinski definition) is 2. The maximum Gasteiger partial charge on any atom is 0.319 e. The van der Waals surface area contributed by atoms with Gasteiger partial charge in [-0.1, -0.05) is 59.8 Å². The summed E-state index contributed by atoms with van der Waals surface area (Å²) in [6, 6.07) is 24.5. The number of amides is 2. The van der Waals surface area contributed by atoms with E-state index in [1.165, 1.54) is 11.1 Å². The minimum atomic E-state index is -0.421. The van der Waals surface area contributed by atoms with Crippen molar-refractivity contribution in [2.75, 3.05) is 5.32 Å². The summed E-state index contributed by atoms with van der Waals surface area (Å²) >= 11 is 1.61. The molecule has 4 aromatic rings. The van der Waals surface area contributed by atoms with Gasteiger partial charge >= 0.3 is 6.03 Å². The molecule has 8 heteroatoms. The van der Waals surface area contributed by atoms with Crippen LogP contribution in [-0.4, -0.2) is 20.8 Å². The van der Waals surface area contributed by atoms with Crippen molar-refractivity contribution in [3.8, 4) is 11.8 Å². The summed E-state index contributed by atoms with van der Waals surface area (Å²) < 4.78 is 1.99. The number of aromatic nitrogens is 3. The maximum absolute atomic E-state index is 12.7. The van der Waals surface area contributed by atoms with E-state index in [0.717, 1.165) is 22.2 Å². The number of anilines is 1. The van der Waals surface area contributed by atoms with Crippen LogP contribution in [0.3, 0.4) is 0 Å². The Labute approximate surface area is 209 Å². The van der Waals surface area contributed by atoms with Gasteiger partial charge in [-0.25, -0.2) is 4.79 Å². The van der Waals surface area contributed by atoms with Crippen molar-refractivity contribution in [1.29, 1.82) is 5.26 Å². The molecule has 0 radical (unpaired) electrons. The number of benzene rings is 3. The molecule has 0 aliphatic rings. The van der Waals surface area contributed by atoms with E-state index in [0.29, 0.717) is 17.1 Å². The molecule has 2 N–H and O–H groups in total. The fraction of sp³-hybridized carbons (Fsp3) is 0.185. The molecule has 4 rings (SSSR count). The fourth-order valence-corrected chi connectivity index (χ4v) is 4.64. The van der Waals surface area contributed by atoms with Crippen molar-refractivity contribution in [2.45, 2.75) is 37.7 Å². The quantitative estimate of drug-likeness (QED) is 0.318. The first-order valence-corrected chi connectivity index (χ1v) is 12.2. The Balaban J connectivity index is 1.57. The van der Waals surface area contributed by atoms with Gasteiger partial charge in [0, 0.05) is 17.1 Å². The van der Waals surface area contributed by atoms with Gasteiger partial charge in [-0.3, -0.25) is 4.57 Å². The highest BCUT2D eigenvalue weighted by Gasteiger charge is 2.21. The van der Waals surface area contributed by atoms with E-state index in [4.69, 9.17) is 5.26 Å². The molecule has 0 bridgehead atoms. The molecular weight excluding hydrogens is 456 g/mol. The number of hydrogen-bond acceptors (Lipinski definition) is 5. The average Bonchev–Trinajstić information content (AvgIpc) is 3.28. The molecule has 0 spiro atoms. The summed E-state index contributed by atoms with van der Waals surface area (Å²) in [6.07, 6.45) is 0. The van der Waals surface area contributed by atoms with Crippen molar-refractivity contribution in [1.82, 2.24) is 20.1 Å². The Morgan fingerprint density at radius 1 is 1.06 bits per heavy atom. The number of rotatable bonds is 7. The van der Waals surface area contributed by atoms with Crippen LogP contribution >= 0.6 is 11.8 Å². The fourth-order valence-electron chi connectivity index (χ4n) is 3.60. The van der Waals surface area contributed by atoms with Crippen LogP contribution in [0, 0.1) is 25.2 Å². The van der Waals surface area contributed by atoms with Gasteiger partial charge < -0.3 is 10.6 Å². The molecule has 2 amide bonds. The van der Waals surface area contributed by atoms with E-state index in [2.05, 4.69) is 46.0 Å². The molecule has 1 aromatic heterocycles. The lowest BCUT2D eigenvalue weighted by atomic mass is 10.1. The number of carbonyl (C=O) groups is 1. The third-order valence-corrected chi connectivity index (χ3v) is 6.53. The first kappa shape index (κ1) is 24.0. The van der Waals surface area contributed by atoms with Crippen LogP contribution in [-0.2, 0) is 5.75 Å². The van der Waals surface area contributed by atoms with Gasteiger partial charge in [0.1, 0.15) is 0 Å². The smallest absolute Gasteiger partial charge is 0.319 e. The number of thioether (sulfide) groups is 1. The summed E-state index contributed by atoms with van der Waals surface area (Å²) in [7, 11) is 0. The highest BCUT2D eigenvalue weighted by Crippen LogP contribution is 2.28. The van der Waals surface area contributed by atoms with Crippen LogP contribution in [0.5, 0.6) is 0 Å². The molecule has 1 unspecified atom stereocenters. The second-order valence-electron chi connectivity index (χ2n) is 8.24. The van der Waals surface area contributed by atoms with Gasteiger partial charge in [0.15, 0.2) is 11.0 Å². The van der Waals surface area contributed by atoms with Crippen molar-refractivity contribution in [2.24, 2.45) is 0 Å². The van der Waals surface area contributed by atoms with Crippen LogP contribution in [0.2, 0.25) is 0 Å². The summed E-state index contributed by atoms with van der Waals surface area (Å²) in [6.45, 7) is 6.01. The summed E-state index contributed by atoms with van der Waals surface area (Å²) in [5.41, 5.74) is 5.58. The number of nitrogens with zero attached hydrogens (tertiary/aromatic N) is 4. The number of nitriles is 1. The zero-order chi connectivity index (χ0) is 24.8. The number of nitrogens with one attached hydrogen (secondary N) is 2. The van der Waals surface area contributed by atoms with Crippen molar-refractivity contribution in [3.63, 3.8) is 0 Å². The molecule has 3 aromatic carbocycles. The zero-order valence-corrected chi connectivity index (χ0v) is 20.6. The summed E-state index contributed by atoms with van der Waals surface area (Å²) in [5, 5.41) is 24.5. The van der Waals surface area contributed by atoms with Crippen molar-refractivity contribution < 1.29 is 4.79 Å². The first-order chi connectivity index (χ1) is 16.9. The van der Waals surface area contributed by atoms with Gasteiger partial charge in [-0.2, -0.15) is 5.26 Å². The molecule has 35 heavy (non-hydrogen) atoms. The van der Waals surface area contributed by atoms with Gasteiger partial charge in [-0.15, -0.1) is 10.2 Å². The third kappa shape index (κ3) is 5.89. The highest BCUT2D eigenvalue weighted by atomic mass is 32.2. The SMILES string of the molecule is Cc1ccc(-n2c(SCc3ccccc3C)nnc2C(C)NC(=O)Nc2cccc(C#N)c2)cc1. The van der Waals surface area contributed by atoms with Crippen LogP contribution in [0.4, 0.5) is 10.5 Å². The predicted octanol–water partition coefficient (Wildman–Crippen LogP) is 5.93. The van der Waals surface area contributed by atoms with Crippen molar-refractivity contribution in [3.05, 3.63) is 101 Å². The summed E-state index contributed by atoms with van der Waals surface area (Å²) in [4.78, 5) is 12.7. The number of carbonyl (C=O) groups excluding carboxylic acids is 1. The Hall–Kier alpha value is -4.09. The predicted molar refractivity (Wildman–Crippen MR) is 139 cm³/mol. The third-order valence-electron chi connectivity index (χ3n) is 5.55. The molecule has 0 saturated heterocycles. The maximum atomic E-state index is 12.7. The van der Waals surface area contributed by atoms with Gasteiger partial charge in [0.2, 0.25) is 0 Å². The second-order valence-corrected chi connectivity index (χ2v) is 9.18. The molecule has 1 heterocycles. The highest BCUT2D eigenvalue weighted by molar-refractivity contribution is 7.98. The minimum absolute atomic E-state index is 0.389. The topological polar surface area (TPSA) is 95.6 Å². The van der Waals surface area contributed by atoms with Crippen molar-refractivity contribution >= 4 is 23.5 Å². The van der Waals surface area contributed by atoms with E-state index in [1.807, 2.05) is 54.8 Å². The van der Waals surface area contributed by atoms with Crippen LogP contribution in [0.25, 0.3) is 5.69 Å². The van der Waals surface area contributed by atoms with Gasteiger partial charge in [0.25, 0.3) is 0 Å². The van der Waals surface area contributed by atoms with E-state index < -0.39 is 6.04 Å². The Kier molecular flexibility index (Phi) is 7.48. The Bertz CT molecular complexity index is 1370. The van der Waals surface area contributed by atoms with E-state index >= 15 is 0 Å². The molecule has 7 nitrogen and oxygen atoms in total. The van der Waals surface area contributed by atoms with Gasteiger partial charge in [0.05, 0.1) is 17.7 Å². The van der Waals surface area contributed by atoms with E-state index in [1.54, 1.807) is 36.0 Å². The number of urea groups is 1.